The van der Waals surface area contributed by atoms with Gasteiger partial charge < -0.3 is 15.2 Å². The molecule has 3 aromatic heterocycles. The Balaban J connectivity index is 1.39. The van der Waals surface area contributed by atoms with Gasteiger partial charge in [-0.2, -0.15) is 0 Å². The summed E-state index contributed by atoms with van der Waals surface area (Å²) in [6.45, 7) is 0. The molecular formula is C25H19ClN4O3S2. The number of ether oxygens (including phenoxy) is 2. The lowest BCUT2D eigenvalue weighted by Gasteiger charge is -2.08. The first-order chi connectivity index (χ1) is 17.0. The second-order valence-electron chi connectivity index (χ2n) is 7.46. The molecule has 0 unspecified atom stereocenters. The van der Waals surface area contributed by atoms with Crippen molar-refractivity contribution in [3.63, 3.8) is 0 Å². The lowest BCUT2D eigenvalue weighted by atomic mass is 10.1. The van der Waals surface area contributed by atoms with E-state index in [2.05, 4.69) is 10.3 Å². The number of thiazole rings is 1. The molecular weight excluding hydrogens is 504 g/mol. The zero-order valence-corrected chi connectivity index (χ0v) is 21.1. The summed E-state index contributed by atoms with van der Waals surface area (Å²) in [4.78, 5) is 23.4. The average molecular weight is 523 g/mol. The molecule has 0 saturated carbocycles. The van der Waals surface area contributed by atoms with E-state index in [9.17, 15) is 4.79 Å². The van der Waals surface area contributed by atoms with Crippen LogP contribution in [0.3, 0.4) is 0 Å². The number of aromatic nitrogens is 2. The minimum absolute atomic E-state index is 0.327. The number of carbonyl (C=O) groups is 1. The third kappa shape index (κ3) is 4.53. The van der Waals surface area contributed by atoms with Gasteiger partial charge >= 0.3 is 0 Å². The Hall–Kier alpha value is -3.66. The molecule has 3 heterocycles. The summed E-state index contributed by atoms with van der Waals surface area (Å²) in [6, 6.07) is 16.7. The first-order valence-electron chi connectivity index (χ1n) is 10.4. The fourth-order valence-corrected chi connectivity index (χ4v) is 5.39. The van der Waals surface area contributed by atoms with Crippen molar-refractivity contribution in [2.75, 3.05) is 25.3 Å². The fraction of sp³-hybridized carbons (Fsp3) is 0.0800. The molecule has 0 fully saturated rings. The third-order valence-electron chi connectivity index (χ3n) is 5.34. The average Bonchev–Trinajstić information content (AvgIpc) is 3.48. The number of nitrogens with two attached hydrogens (primary N) is 1. The summed E-state index contributed by atoms with van der Waals surface area (Å²) in [5.41, 5.74) is 9.97. The maximum absolute atomic E-state index is 13.0. The van der Waals surface area contributed by atoms with Crippen LogP contribution in [0.2, 0.25) is 5.02 Å². The molecule has 0 aliphatic rings. The molecule has 7 nitrogen and oxygen atoms in total. The highest BCUT2D eigenvalue weighted by Crippen LogP contribution is 2.36. The van der Waals surface area contributed by atoms with E-state index in [0.717, 1.165) is 22.2 Å². The molecule has 5 aromatic rings. The highest BCUT2D eigenvalue weighted by molar-refractivity contribution is 7.21. The first kappa shape index (κ1) is 23.1. The van der Waals surface area contributed by atoms with Gasteiger partial charge in [-0.15, -0.1) is 22.7 Å². The van der Waals surface area contributed by atoms with Crippen molar-refractivity contribution < 1.29 is 14.3 Å². The van der Waals surface area contributed by atoms with E-state index in [1.807, 2.05) is 60.0 Å². The van der Waals surface area contributed by atoms with Gasteiger partial charge in [0.1, 0.15) is 9.71 Å². The Morgan fingerprint density at radius 3 is 2.43 bits per heavy atom. The molecule has 35 heavy (non-hydrogen) atoms. The summed E-state index contributed by atoms with van der Waals surface area (Å²) in [6.07, 6.45) is 0. The number of methoxy groups -OCH3 is 2. The van der Waals surface area contributed by atoms with Gasteiger partial charge in [-0.3, -0.25) is 10.1 Å². The second kappa shape index (κ2) is 9.53. The third-order valence-corrected chi connectivity index (χ3v) is 7.47. The standard InChI is InChI=1S/C25H19ClN4O3S2/c1-32-19-10-5-14(11-20(19)33-2)18-12-34-25(29-18)30-23(31)22-21(27)16-8-9-17(28-24(16)35-22)13-3-6-15(26)7-4-13/h3-12H,27H2,1-2H3,(H,29,30,31). The monoisotopic (exact) mass is 522 g/mol. The number of amides is 1. The van der Waals surface area contributed by atoms with Crippen LogP contribution in [0.4, 0.5) is 10.8 Å². The van der Waals surface area contributed by atoms with Crippen LogP contribution in [0.1, 0.15) is 9.67 Å². The molecule has 10 heteroatoms. The van der Waals surface area contributed by atoms with Crippen molar-refractivity contribution in [3.8, 4) is 34.0 Å². The molecule has 0 radical (unpaired) electrons. The number of hydrogen-bond donors (Lipinski definition) is 2. The highest BCUT2D eigenvalue weighted by Gasteiger charge is 2.19. The predicted molar refractivity (Wildman–Crippen MR) is 143 cm³/mol. The molecule has 0 saturated heterocycles. The van der Waals surface area contributed by atoms with Gasteiger partial charge in [-0.1, -0.05) is 23.7 Å². The predicted octanol–water partition coefficient (Wildman–Crippen LogP) is 6.59. The van der Waals surface area contributed by atoms with Crippen molar-refractivity contribution in [2.24, 2.45) is 0 Å². The number of thiophene rings is 1. The molecule has 3 N–H and O–H groups in total. The van der Waals surface area contributed by atoms with Gasteiger partial charge in [0.05, 0.1) is 31.3 Å². The van der Waals surface area contributed by atoms with Crippen molar-refractivity contribution in [3.05, 3.63) is 69.9 Å². The largest absolute Gasteiger partial charge is 0.493 e. The van der Waals surface area contributed by atoms with E-state index < -0.39 is 0 Å². The molecule has 2 aromatic carbocycles. The minimum Gasteiger partial charge on any atom is -0.493 e. The van der Waals surface area contributed by atoms with Crippen molar-refractivity contribution >= 4 is 61.2 Å². The van der Waals surface area contributed by atoms with Gasteiger partial charge in [0.25, 0.3) is 5.91 Å². The molecule has 0 aliphatic heterocycles. The maximum atomic E-state index is 13.0. The van der Waals surface area contributed by atoms with Crippen LogP contribution in [0, 0.1) is 0 Å². The Morgan fingerprint density at radius 2 is 1.69 bits per heavy atom. The summed E-state index contributed by atoms with van der Waals surface area (Å²) < 4.78 is 10.7. The zero-order valence-electron chi connectivity index (χ0n) is 18.7. The summed E-state index contributed by atoms with van der Waals surface area (Å²) in [5.74, 6) is 0.909. The highest BCUT2D eigenvalue weighted by atomic mass is 35.5. The number of carbonyl (C=O) groups excluding carboxylic acids is 1. The first-order valence-corrected chi connectivity index (χ1v) is 12.5. The van der Waals surface area contributed by atoms with Gasteiger partial charge in [-0.05, 0) is 42.5 Å². The van der Waals surface area contributed by atoms with Crippen molar-refractivity contribution in [1.82, 2.24) is 9.97 Å². The fourth-order valence-electron chi connectivity index (χ4n) is 3.56. The number of nitrogens with zero attached hydrogens (tertiary/aromatic N) is 2. The SMILES string of the molecule is COc1ccc(-c2csc(NC(=O)c3sc4nc(-c5ccc(Cl)cc5)ccc4c3N)n2)cc1OC. The van der Waals surface area contributed by atoms with Crippen LogP contribution in [-0.2, 0) is 0 Å². The Bertz CT molecular complexity index is 1550. The van der Waals surface area contributed by atoms with Gasteiger partial charge in [0.15, 0.2) is 16.6 Å². The van der Waals surface area contributed by atoms with Crippen LogP contribution >= 0.6 is 34.3 Å². The Morgan fingerprint density at radius 1 is 0.943 bits per heavy atom. The maximum Gasteiger partial charge on any atom is 0.269 e. The van der Waals surface area contributed by atoms with Crippen LogP contribution < -0.4 is 20.5 Å². The minimum atomic E-state index is -0.327. The van der Waals surface area contributed by atoms with Crippen LogP contribution in [0.15, 0.2) is 60.0 Å². The second-order valence-corrected chi connectivity index (χ2v) is 9.76. The number of nitrogens with one attached hydrogen (secondary N) is 1. The number of hydrogen-bond acceptors (Lipinski definition) is 8. The Labute approximate surface area is 214 Å². The number of pyridine rings is 1. The molecule has 0 spiro atoms. The van der Waals surface area contributed by atoms with E-state index in [1.165, 1.54) is 22.7 Å². The van der Waals surface area contributed by atoms with Crippen molar-refractivity contribution in [2.45, 2.75) is 0 Å². The number of anilines is 2. The molecule has 1 amide bonds. The summed E-state index contributed by atoms with van der Waals surface area (Å²) in [5, 5.41) is 6.58. The number of benzene rings is 2. The van der Waals surface area contributed by atoms with Crippen LogP contribution in [0.25, 0.3) is 32.7 Å². The van der Waals surface area contributed by atoms with E-state index >= 15 is 0 Å². The van der Waals surface area contributed by atoms with Gasteiger partial charge in [-0.25, -0.2) is 9.97 Å². The van der Waals surface area contributed by atoms with E-state index in [1.54, 1.807) is 14.2 Å². The molecule has 176 valence electrons. The van der Waals surface area contributed by atoms with E-state index in [0.29, 0.717) is 42.7 Å². The summed E-state index contributed by atoms with van der Waals surface area (Å²) >= 11 is 8.56. The normalized spacial score (nSPS) is 10.9. The van der Waals surface area contributed by atoms with E-state index in [-0.39, 0.29) is 5.91 Å². The van der Waals surface area contributed by atoms with Crippen LogP contribution in [0.5, 0.6) is 11.5 Å². The molecule has 0 atom stereocenters. The molecule has 0 bridgehead atoms. The number of halogens is 1. The van der Waals surface area contributed by atoms with Crippen molar-refractivity contribution in [1.29, 1.82) is 0 Å². The van der Waals surface area contributed by atoms with Gasteiger partial charge in [0, 0.05) is 26.9 Å². The molecule has 5 rings (SSSR count). The number of nitrogen functional groups attached to an aromatic ring is 1. The number of rotatable bonds is 6. The Kier molecular flexibility index (Phi) is 6.29. The van der Waals surface area contributed by atoms with Gasteiger partial charge in [0.2, 0.25) is 0 Å². The van der Waals surface area contributed by atoms with Crippen LogP contribution in [-0.4, -0.2) is 30.1 Å². The lowest BCUT2D eigenvalue weighted by molar-refractivity contribution is 0.103. The smallest absolute Gasteiger partial charge is 0.269 e. The molecule has 0 aliphatic carbocycles. The zero-order chi connectivity index (χ0) is 24.5. The van der Waals surface area contributed by atoms with E-state index in [4.69, 9.17) is 31.8 Å². The topological polar surface area (TPSA) is 99.4 Å². The lowest BCUT2D eigenvalue weighted by Crippen LogP contribution is -2.11. The quantitative estimate of drug-likeness (QED) is 0.261. The number of fused-ring (bicyclic) bond motifs is 1. The summed E-state index contributed by atoms with van der Waals surface area (Å²) in [7, 11) is 3.17.